The second-order valence-corrected chi connectivity index (χ2v) is 6.72. The van der Waals surface area contributed by atoms with Gasteiger partial charge in [-0.15, -0.1) is 10.2 Å². The molecule has 0 aliphatic carbocycles. The highest BCUT2D eigenvalue weighted by molar-refractivity contribution is 5.81. The lowest BCUT2D eigenvalue weighted by Gasteiger charge is -2.16. The van der Waals surface area contributed by atoms with E-state index in [1.165, 1.54) is 0 Å². The van der Waals surface area contributed by atoms with Crippen molar-refractivity contribution in [1.82, 2.24) is 19.2 Å². The van der Waals surface area contributed by atoms with Crippen LogP contribution in [0, 0.1) is 0 Å². The Balaban J connectivity index is 1.81. The number of anilines is 1. The van der Waals surface area contributed by atoms with E-state index in [9.17, 15) is 4.79 Å². The molecule has 2 aromatic carbocycles. The van der Waals surface area contributed by atoms with E-state index in [1.54, 1.807) is 4.57 Å². The molecule has 0 atom stereocenters. The molecule has 3 heterocycles. The molecule has 130 valence electrons. The van der Waals surface area contributed by atoms with Gasteiger partial charge in [-0.3, -0.25) is 9.36 Å². The molecule has 2 aromatic heterocycles. The van der Waals surface area contributed by atoms with Crippen molar-refractivity contribution in [3.05, 3.63) is 70.5 Å². The number of hydrogen-bond acceptors (Lipinski definition) is 4. The molecule has 0 bridgehead atoms. The Morgan fingerprint density at radius 1 is 0.885 bits per heavy atom. The first-order chi connectivity index (χ1) is 12.8. The molecule has 0 amide bonds. The highest BCUT2D eigenvalue weighted by Gasteiger charge is 2.22. The molecular weight excluding hydrogens is 326 g/mol. The van der Waals surface area contributed by atoms with E-state index < -0.39 is 0 Å². The zero-order valence-electron chi connectivity index (χ0n) is 14.4. The molecule has 26 heavy (non-hydrogen) atoms. The highest BCUT2D eigenvalue weighted by atomic mass is 16.1. The van der Waals surface area contributed by atoms with Crippen LogP contribution in [0.15, 0.2) is 59.4 Å². The molecule has 1 saturated heterocycles. The highest BCUT2D eigenvalue weighted by Crippen LogP contribution is 2.23. The summed E-state index contributed by atoms with van der Waals surface area (Å²) in [6.07, 6.45) is 2.33. The van der Waals surface area contributed by atoms with Gasteiger partial charge < -0.3 is 4.90 Å². The van der Waals surface area contributed by atoms with E-state index in [0.29, 0.717) is 17.7 Å². The van der Waals surface area contributed by atoms with Crippen LogP contribution in [0.3, 0.4) is 0 Å². The minimum absolute atomic E-state index is 0.0303. The lowest BCUT2D eigenvalue weighted by Crippen LogP contribution is -2.25. The number of nitrogens with zero attached hydrogens (tertiary/aromatic N) is 5. The molecular formula is C20H19N5O. The Bertz CT molecular complexity index is 1140. The fourth-order valence-electron chi connectivity index (χ4n) is 3.77. The minimum Gasteiger partial charge on any atom is -0.341 e. The summed E-state index contributed by atoms with van der Waals surface area (Å²) in [4.78, 5) is 15.4. The van der Waals surface area contributed by atoms with Crippen LogP contribution in [0.5, 0.6) is 0 Å². The average Bonchev–Trinajstić information content (AvgIpc) is 3.35. The van der Waals surface area contributed by atoms with Gasteiger partial charge in [0.15, 0.2) is 0 Å². The maximum Gasteiger partial charge on any atom is 0.263 e. The smallest absolute Gasteiger partial charge is 0.263 e. The summed E-state index contributed by atoms with van der Waals surface area (Å²) in [5, 5.41) is 9.55. The molecule has 1 fully saturated rings. The topological polar surface area (TPSA) is 55.4 Å². The van der Waals surface area contributed by atoms with Gasteiger partial charge in [-0.2, -0.15) is 0 Å². The molecule has 0 unspecified atom stereocenters. The third-order valence-electron chi connectivity index (χ3n) is 5.06. The predicted molar refractivity (Wildman–Crippen MR) is 102 cm³/mol. The number of benzene rings is 2. The van der Waals surface area contributed by atoms with Crippen LogP contribution in [0.2, 0.25) is 0 Å². The van der Waals surface area contributed by atoms with E-state index in [4.69, 9.17) is 0 Å². The quantitative estimate of drug-likeness (QED) is 0.573. The molecule has 0 spiro atoms. The molecule has 5 rings (SSSR count). The number of fused-ring (bicyclic) bond motifs is 3. The normalized spacial score (nSPS) is 14.5. The predicted octanol–water partition coefficient (Wildman–Crippen LogP) is 2.69. The van der Waals surface area contributed by atoms with Crippen LogP contribution in [-0.2, 0) is 6.54 Å². The van der Waals surface area contributed by atoms with Crippen molar-refractivity contribution in [2.75, 3.05) is 18.0 Å². The second kappa shape index (κ2) is 5.98. The van der Waals surface area contributed by atoms with Crippen LogP contribution in [-0.4, -0.2) is 32.3 Å². The summed E-state index contributed by atoms with van der Waals surface area (Å²) in [6.45, 7) is 2.44. The van der Waals surface area contributed by atoms with Gasteiger partial charge in [0.2, 0.25) is 11.7 Å². The first-order valence-corrected chi connectivity index (χ1v) is 8.98. The van der Waals surface area contributed by atoms with E-state index in [-0.39, 0.29) is 5.56 Å². The van der Waals surface area contributed by atoms with Gasteiger partial charge in [-0.1, -0.05) is 42.5 Å². The number of hydrogen-bond donors (Lipinski definition) is 0. The van der Waals surface area contributed by atoms with Crippen molar-refractivity contribution >= 4 is 22.6 Å². The molecule has 6 heteroatoms. The molecule has 0 saturated carbocycles. The first-order valence-electron chi connectivity index (χ1n) is 8.98. The monoisotopic (exact) mass is 345 g/mol. The summed E-state index contributed by atoms with van der Waals surface area (Å²) >= 11 is 0. The molecule has 0 radical (unpaired) electrons. The standard InChI is InChI=1S/C20H19N5O/c26-18-16-10-4-5-11-17(16)25-19(23-12-6-7-13-23)21-22-20(25)24(18)14-15-8-2-1-3-9-15/h1-5,8-11H,6-7,12-14H2. The zero-order chi connectivity index (χ0) is 17.5. The van der Waals surface area contributed by atoms with Gasteiger partial charge in [0.05, 0.1) is 17.4 Å². The fraction of sp³-hybridized carbons (Fsp3) is 0.250. The van der Waals surface area contributed by atoms with Crippen molar-refractivity contribution in [1.29, 1.82) is 0 Å². The lowest BCUT2D eigenvalue weighted by molar-refractivity contribution is 0.765. The third-order valence-corrected chi connectivity index (χ3v) is 5.06. The summed E-state index contributed by atoms with van der Waals surface area (Å²) in [5.41, 5.74) is 1.90. The van der Waals surface area contributed by atoms with Gasteiger partial charge in [-0.25, -0.2) is 4.40 Å². The van der Waals surface area contributed by atoms with Crippen molar-refractivity contribution in [3.8, 4) is 0 Å². The summed E-state index contributed by atoms with van der Waals surface area (Å²) in [5.74, 6) is 1.43. The Kier molecular flexibility index (Phi) is 3.48. The van der Waals surface area contributed by atoms with Crippen LogP contribution >= 0.6 is 0 Å². The van der Waals surface area contributed by atoms with Crippen molar-refractivity contribution < 1.29 is 0 Å². The van der Waals surface area contributed by atoms with Crippen molar-refractivity contribution in [2.24, 2.45) is 0 Å². The number of aromatic nitrogens is 4. The van der Waals surface area contributed by atoms with Gasteiger partial charge in [-0.05, 0) is 30.5 Å². The van der Waals surface area contributed by atoms with E-state index in [1.807, 2.05) is 59.0 Å². The van der Waals surface area contributed by atoms with Crippen molar-refractivity contribution in [2.45, 2.75) is 19.4 Å². The minimum atomic E-state index is -0.0303. The van der Waals surface area contributed by atoms with E-state index in [2.05, 4.69) is 15.1 Å². The second-order valence-electron chi connectivity index (χ2n) is 6.72. The summed E-state index contributed by atoms with van der Waals surface area (Å²) in [6, 6.07) is 17.7. The molecule has 1 aliphatic rings. The molecule has 0 N–H and O–H groups in total. The van der Waals surface area contributed by atoms with Gasteiger partial charge >= 0.3 is 0 Å². The number of rotatable bonds is 3. The third kappa shape index (κ3) is 2.29. The largest absolute Gasteiger partial charge is 0.341 e. The summed E-state index contributed by atoms with van der Waals surface area (Å²) < 4.78 is 3.76. The maximum atomic E-state index is 13.1. The molecule has 1 aliphatic heterocycles. The SMILES string of the molecule is O=c1c2ccccc2n2c(N3CCCC3)nnc2n1Cc1ccccc1. The Labute approximate surface area is 150 Å². The van der Waals surface area contributed by atoms with Gasteiger partial charge in [0.25, 0.3) is 5.56 Å². The first kappa shape index (κ1) is 15.1. The van der Waals surface area contributed by atoms with E-state index >= 15 is 0 Å². The van der Waals surface area contributed by atoms with Crippen LogP contribution in [0.25, 0.3) is 16.7 Å². The Morgan fingerprint density at radius 3 is 2.42 bits per heavy atom. The average molecular weight is 345 g/mol. The van der Waals surface area contributed by atoms with Crippen LogP contribution < -0.4 is 10.5 Å². The molecule has 4 aromatic rings. The maximum absolute atomic E-state index is 13.1. The zero-order valence-corrected chi connectivity index (χ0v) is 14.4. The van der Waals surface area contributed by atoms with Gasteiger partial charge in [0.1, 0.15) is 0 Å². The fourth-order valence-corrected chi connectivity index (χ4v) is 3.77. The van der Waals surface area contributed by atoms with E-state index in [0.717, 1.165) is 43.0 Å². The van der Waals surface area contributed by atoms with Crippen LogP contribution in [0.4, 0.5) is 5.95 Å². The van der Waals surface area contributed by atoms with Gasteiger partial charge in [0, 0.05) is 13.1 Å². The Morgan fingerprint density at radius 2 is 1.62 bits per heavy atom. The van der Waals surface area contributed by atoms with Crippen molar-refractivity contribution in [3.63, 3.8) is 0 Å². The lowest BCUT2D eigenvalue weighted by atomic mass is 10.2. The number of para-hydroxylation sites is 1. The summed E-state index contributed by atoms with van der Waals surface area (Å²) in [7, 11) is 0. The molecule has 6 nitrogen and oxygen atoms in total. The Hall–Kier alpha value is -3.15. The van der Waals surface area contributed by atoms with Crippen LogP contribution in [0.1, 0.15) is 18.4 Å².